The molecular formula is C18H15NO5S. The summed E-state index contributed by atoms with van der Waals surface area (Å²) in [7, 11) is 0. The highest BCUT2D eigenvalue weighted by Gasteiger charge is 2.18. The van der Waals surface area contributed by atoms with Gasteiger partial charge in [-0.2, -0.15) is 11.3 Å². The van der Waals surface area contributed by atoms with Crippen molar-refractivity contribution in [1.82, 2.24) is 5.32 Å². The molecule has 2 aromatic heterocycles. The number of carbonyl (C=O) groups is 1. The Morgan fingerprint density at radius 2 is 2.08 bits per heavy atom. The molecular weight excluding hydrogens is 342 g/mol. The lowest BCUT2D eigenvalue weighted by Crippen LogP contribution is -2.28. The molecule has 6 nitrogen and oxygen atoms in total. The molecule has 0 saturated heterocycles. The van der Waals surface area contributed by atoms with E-state index in [1.807, 2.05) is 16.8 Å². The zero-order valence-electron chi connectivity index (χ0n) is 13.1. The molecule has 0 fully saturated rings. The molecule has 128 valence electrons. The summed E-state index contributed by atoms with van der Waals surface area (Å²) in [6.07, 6.45) is -0.926. The third kappa shape index (κ3) is 3.24. The van der Waals surface area contributed by atoms with E-state index in [4.69, 9.17) is 13.9 Å². The van der Waals surface area contributed by atoms with Gasteiger partial charge in [0.1, 0.15) is 17.6 Å². The molecule has 1 amide bonds. The fourth-order valence-electron chi connectivity index (χ4n) is 2.52. The lowest BCUT2D eigenvalue weighted by atomic mass is 10.2. The molecule has 3 aromatic rings. The Bertz CT molecular complexity index is 887. The first-order valence-electron chi connectivity index (χ1n) is 7.69. The quantitative estimate of drug-likeness (QED) is 0.733. The van der Waals surface area contributed by atoms with Gasteiger partial charge in [-0.05, 0) is 41.8 Å². The summed E-state index contributed by atoms with van der Waals surface area (Å²) < 4.78 is 16.1. The van der Waals surface area contributed by atoms with Gasteiger partial charge in [-0.1, -0.05) is 0 Å². The van der Waals surface area contributed by atoms with Crippen molar-refractivity contribution in [2.24, 2.45) is 0 Å². The van der Waals surface area contributed by atoms with Crippen LogP contribution in [0.2, 0.25) is 0 Å². The van der Waals surface area contributed by atoms with Crippen LogP contribution in [-0.4, -0.2) is 24.4 Å². The molecule has 0 saturated carbocycles. The summed E-state index contributed by atoms with van der Waals surface area (Å²) in [5.74, 6) is 1.96. The Morgan fingerprint density at radius 1 is 1.20 bits per heavy atom. The van der Waals surface area contributed by atoms with Crippen molar-refractivity contribution in [2.75, 3.05) is 13.3 Å². The Kier molecular flexibility index (Phi) is 4.17. The number of rotatable bonds is 5. The van der Waals surface area contributed by atoms with Crippen LogP contribution in [0.1, 0.15) is 22.2 Å². The molecule has 0 aliphatic carbocycles. The first-order chi connectivity index (χ1) is 12.2. The van der Waals surface area contributed by atoms with Gasteiger partial charge >= 0.3 is 0 Å². The van der Waals surface area contributed by atoms with Crippen molar-refractivity contribution in [3.05, 3.63) is 58.5 Å². The Morgan fingerprint density at radius 3 is 2.92 bits per heavy atom. The molecule has 25 heavy (non-hydrogen) atoms. The van der Waals surface area contributed by atoms with E-state index in [9.17, 15) is 9.90 Å². The second-order valence-corrected chi connectivity index (χ2v) is 6.29. The molecule has 0 unspecified atom stereocenters. The standard InChI is InChI=1S/C18H15NO5S/c20-13(15-4-3-14(24-15)12-5-6-25-9-12)8-19-18(21)11-1-2-16-17(7-11)23-10-22-16/h1-7,9,13,20H,8,10H2,(H,19,21)/t13-/m1/s1. The number of aliphatic hydroxyl groups is 1. The minimum Gasteiger partial charge on any atom is -0.458 e. The molecule has 1 atom stereocenters. The zero-order chi connectivity index (χ0) is 17.2. The predicted octanol–water partition coefficient (Wildman–Crippen LogP) is 3.20. The number of hydrogen-bond donors (Lipinski definition) is 2. The molecule has 1 aromatic carbocycles. The van der Waals surface area contributed by atoms with Crippen LogP contribution in [0.3, 0.4) is 0 Å². The van der Waals surface area contributed by atoms with E-state index < -0.39 is 6.10 Å². The number of nitrogens with one attached hydrogen (secondary N) is 1. The van der Waals surface area contributed by atoms with Gasteiger partial charge in [-0.3, -0.25) is 4.79 Å². The van der Waals surface area contributed by atoms with E-state index in [1.54, 1.807) is 41.7 Å². The maximum Gasteiger partial charge on any atom is 0.251 e. The van der Waals surface area contributed by atoms with Crippen molar-refractivity contribution in [3.8, 4) is 22.8 Å². The fourth-order valence-corrected chi connectivity index (χ4v) is 3.17. The number of hydrogen-bond acceptors (Lipinski definition) is 6. The first-order valence-corrected chi connectivity index (χ1v) is 8.63. The summed E-state index contributed by atoms with van der Waals surface area (Å²) in [4.78, 5) is 12.2. The summed E-state index contributed by atoms with van der Waals surface area (Å²) in [6, 6.07) is 10.4. The van der Waals surface area contributed by atoms with Crippen LogP contribution >= 0.6 is 11.3 Å². The number of benzene rings is 1. The second-order valence-electron chi connectivity index (χ2n) is 5.51. The summed E-state index contributed by atoms with van der Waals surface area (Å²) in [5, 5.41) is 16.8. The van der Waals surface area contributed by atoms with Gasteiger partial charge in [0.25, 0.3) is 5.91 Å². The monoisotopic (exact) mass is 357 g/mol. The van der Waals surface area contributed by atoms with Gasteiger partial charge in [-0.25, -0.2) is 0 Å². The summed E-state index contributed by atoms with van der Waals surface area (Å²) in [6.45, 7) is 0.202. The van der Waals surface area contributed by atoms with Crippen molar-refractivity contribution >= 4 is 17.2 Å². The highest BCUT2D eigenvalue weighted by molar-refractivity contribution is 7.08. The van der Waals surface area contributed by atoms with E-state index in [1.165, 1.54) is 0 Å². The number of aliphatic hydroxyl groups excluding tert-OH is 1. The Hall–Kier alpha value is -2.77. The van der Waals surface area contributed by atoms with Crippen molar-refractivity contribution < 1.29 is 23.8 Å². The van der Waals surface area contributed by atoms with Gasteiger partial charge < -0.3 is 24.3 Å². The first kappa shape index (κ1) is 15.7. The molecule has 0 spiro atoms. The molecule has 1 aliphatic rings. The van der Waals surface area contributed by atoms with E-state index in [-0.39, 0.29) is 19.2 Å². The van der Waals surface area contributed by atoms with Crippen molar-refractivity contribution in [2.45, 2.75) is 6.10 Å². The average molecular weight is 357 g/mol. The highest BCUT2D eigenvalue weighted by atomic mass is 32.1. The largest absolute Gasteiger partial charge is 0.458 e. The van der Waals surface area contributed by atoms with Crippen LogP contribution in [0.4, 0.5) is 0 Å². The Labute approximate surface area is 147 Å². The molecule has 7 heteroatoms. The fraction of sp³-hybridized carbons (Fsp3) is 0.167. The number of amides is 1. The molecule has 0 bridgehead atoms. The van der Waals surface area contributed by atoms with Crippen LogP contribution in [0.25, 0.3) is 11.3 Å². The van der Waals surface area contributed by atoms with Gasteiger partial charge in [0, 0.05) is 16.5 Å². The molecule has 1 aliphatic heterocycles. The lowest BCUT2D eigenvalue weighted by Gasteiger charge is -2.10. The van der Waals surface area contributed by atoms with E-state index in [0.29, 0.717) is 28.6 Å². The normalized spacial score (nSPS) is 13.6. The lowest BCUT2D eigenvalue weighted by molar-refractivity contribution is 0.0901. The van der Waals surface area contributed by atoms with Crippen molar-refractivity contribution in [3.63, 3.8) is 0 Å². The highest BCUT2D eigenvalue weighted by Crippen LogP contribution is 2.32. The molecule has 0 radical (unpaired) electrons. The number of thiophene rings is 1. The SMILES string of the molecule is O=C(NC[C@@H](O)c1ccc(-c2ccsc2)o1)c1ccc2c(c1)OCO2. The van der Waals surface area contributed by atoms with Gasteiger partial charge in [0.05, 0.1) is 6.54 Å². The predicted molar refractivity (Wildman–Crippen MR) is 91.9 cm³/mol. The summed E-state index contributed by atoms with van der Waals surface area (Å²) in [5.41, 5.74) is 1.41. The van der Waals surface area contributed by atoms with E-state index in [2.05, 4.69) is 5.32 Å². The van der Waals surface area contributed by atoms with Gasteiger partial charge in [0.2, 0.25) is 6.79 Å². The smallest absolute Gasteiger partial charge is 0.251 e. The number of ether oxygens (including phenoxy) is 2. The molecule has 2 N–H and O–H groups in total. The minimum absolute atomic E-state index is 0.0455. The zero-order valence-corrected chi connectivity index (χ0v) is 13.9. The molecule has 4 rings (SSSR count). The average Bonchev–Trinajstić information content (AvgIpc) is 3.38. The number of fused-ring (bicyclic) bond motifs is 1. The number of furan rings is 1. The topological polar surface area (TPSA) is 80.9 Å². The van der Waals surface area contributed by atoms with E-state index >= 15 is 0 Å². The van der Waals surface area contributed by atoms with Gasteiger partial charge in [0.15, 0.2) is 11.5 Å². The maximum absolute atomic E-state index is 12.2. The third-order valence-electron chi connectivity index (χ3n) is 3.85. The van der Waals surface area contributed by atoms with E-state index in [0.717, 1.165) is 5.56 Å². The maximum atomic E-state index is 12.2. The third-order valence-corrected chi connectivity index (χ3v) is 4.53. The van der Waals surface area contributed by atoms with Crippen molar-refractivity contribution in [1.29, 1.82) is 0 Å². The van der Waals surface area contributed by atoms with Crippen LogP contribution in [-0.2, 0) is 0 Å². The molecule has 3 heterocycles. The Balaban J connectivity index is 1.38. The second kappa shape index (κ2) is 6.62. The van der Waals surface area contributed by atoms with Gasteiger partial charge in [-0.15, -0.1) is 0 Å². The minimum atomic E-state index is -0.926. The van der Waals surface area contributed by atoms with Crippen LogP contribution in [0.5, 0.6) is 11.5 Å². The van der Waals surface area contributed by atoms with Crippen LogP contribution in [0, 0.1) is 0 Å². The number of carbonyl (C=O) groups excluding carboxylic acids is 1. The van der Waals surface area contributed by atoms with Crippen LogP contribution in [0.15, 0.2) is 51.6 Å². The van der Waals surface area contributed by atoms with Crippen LogP contribution < -0.4 is 14.8 Å². The summed E-state index contributed by atoms with van der Waals surface area (Å²) >= 11 is 1.57.